The van der Waals surface area contributed by atoms with Crippen LogP contribution in [0, 0.1) is 0 Å². The fourth-order valence-corrected chi connectivity index (χ4v) is 3.31. The number of carbonyl (C=O) groups is 1. The van der Waals surface area contributed by atoms with Gasteiger partial charge >= 0.3 is 0 Å². The van der Waals surface area contributed by atoms with E-state index in [1.165, 1.54) is 36.0 Å². The number of nitrogens with one attached hydrogen (secondary N) is 1. The number of hydrogen-bond acceptors (Lipinski definition) is 2. The van der Waals surface area contributed by atoms with Gasteiger partial charge in [0.15, 0.2) is 0 Å². The number of amides is 1. The average molecular weight is 337 g/mol. The lowest BCUT2D eigenvalue weighted by molar-refractivity contribution is 0.0940. The largest absolute Gasteiger partial charge is 0.494 e. The van der Waals surface area contributed by atoms with E-state index in [2.05, 4.69) is 30.4 Å². The Hall–Kier alpha value is -2.29. The van der Waals surface area contributed by atoms with Gasteiger partial charge in [-0.15, -0.1) is 0 Å². The third-order valence-electron chi connectivity index (χ3n) is 4.81. The molecule has 0 heterocycles. The predicted molar refractivity (Wildman–Crippen MR) is 101 cm³/mol. The van der Waals surface area contributed by atoms with Crippen LogP contribution >= 0.6 is 0 Å². The van der Waals surface area contributed by atoms with Crippen molar-refractivity contribution in [3.8, 4) is 5.75 Å². The highest BCUT2D eigenvalue weighted by molar-refractivity contribution is 5.94. The third-order valence-corrected chi connectivity index (χ3v) is 4.81. The van der Waals surface area contributed by atoms with Crippen molar-refractivity contribution in [2.45, 2.75) is 52.0 Å². The first-order chi connectivity index (χ1) is 12.2. The van der Waals surface area contributed by atoms with Gasteiger partial charge in [-0.05, 0) is 80.0 Å². The van der Waals surface area contributed by atoms with Crippen LogP contribution in [0.1, 0.15) is 66.2 Å². The molecule has 2 aromatic rings. The zero-order chi connectivity index (χ0) is 17.6. The lowest BCUT2D eigenvalue weighted by Gasteiger charge is -2.20. The Morgan fingerprint density at radius 3 is 2.52 bits per heavy atom. The molecule has 3 nitrogen and oxygen atoms in total. The molecule has 1 aliphatic rings. The van der Waals surface area contributed by atoms with E-state index < -0.39 is 0 Å². The van der Waals surface area contributed by atoms with Gasteiger partial charge in [-0.1, -0.05) is 25.1 Å². The van der Waals surface area contributed by atoms with E-state index in [-0.39, 0.29) is 11.9 Å². The molecule has 0 aromatic heterocycles. The molecule has 132 valence electrons. The maximum atomic E-state index is 12.5. The summed E-state index contributed by atoms with van der Waals surface area (Å²) in [6.07, 6.45) is 5.87. The minimum atomic E-state index is -0.0488. The lowest BCUT2D eigenvalue weighted by Crippen LogP contribution is -2.26. The minimum Gasteiger partial charge on any atom is -0.494 e. The molecule has 1 unspecified atom stereocenters. The van der Waals surface area contributed by atoms with Gasteiger partial charge in [0.2, 0.25) is 0 Å². The van der Waals surface area contributed by atoms with Gasteiger partial charge < -0.3 is 10.1 Å². The summed E-state index contributed by atoms with van der Waals surface area (Å²) in [5.74, 6) is 0.758. The smallest absolute Gasteiger partial charge is 0.251 e. The molecule has 0 radical (unpaired) electrons. The molecule has 0 aliphatic heterocycles. The van der Waals surface area contributed by atoms with Crippen LogP contribution in [0.25, 0.3) is 0 Å². The summed E-state index contributed by atoms with van der Waals surface area (Å²) in [5.41, 5.74) is 4.75. The molecule has 2 aromatic carbocycles. The molecule has 1 N–H and O–H groups in total. The van der Waals surface area contributed by atoms with Crippen molar-refractivity contribution in [2.24, 2.45) is 0 Å². The molecule has 3 heteroatoms. The van der Waals surface area contributed by atoms with Crippen molar-refractivity contribution < 1.29 is 9.53 Å². The maximum Gasteiger partial charge on any atom is 0.251 e. The molecular weight excluding hydrogens is 310 g/mol. The summed E-state index contributed by atoms with van der Waals surface area (Å²) >= 11 is 0. The minimum absolute atomic E-state index is 0.00394. The van der Waals surface area contributed by atoms with Crippen molar-refractivity contribution >= 4 is 5.91 Å². The first-order valence-electron chi connectivity index (χ1n) is 9.33. The van der Waals surface area contributed by atoms with E-state index in [9.17, 15) is 4.79 Å². The maximum absolute atomic E-state index is 12.5. The number of rotatable bonds is 6. The normalized spacial score (nSPS) is 14.5. The lowest BCUT2D eigenvalue weighted by atomic mass is 9.89. The number of benzene rings is 2. The van der Waals surface area contributed by atoms with E-state index >= 15 is 0 Å². The van der Waals surface area contributed by atoms with E-state index in [1.54, 1.807) is 0 Å². The zero-order valence-electron chi connectivity index (χ0n) is 15.2. The number of aryl methyl sites for hydroxylation is 2. The Morgan fingerprint density at radius 1 is 1.08 bits per heavy atom. The fourth-order valence-electron chi connectivity index (χ4n) is 3.31. The van der Waals surface area contributed by atoms with Crippen LogP contribution in [-0.4, -0.2) is 12.5 Å². The van der Waals surface area contributed by atoms with Gasteiger partial charge in [-0.3, -0.25) is 4.79 Å². The molecule has 1 amide bonds. The van der Waals surface area contributed by atoms with Gasteiger partial charge in [-0.25, -0.2) is 0 Å². The summed E-state index contributed by atoms with van der Waals surface area (Å²) in [6, 6.07) is 14.0. The third kappa shape index (κ3) is 4.41. The molecule has 0 saturated carbocycles. The number of ether oxygens (including phenoxy) is 1. The van der Waals surface area contributed by atoms with Gasteiger partial charge in [-0.2, -0.15) is 0 Å². The monoisotopic (exact) mass is 337 g/mol. The van der Waals surface area contributed by atoms with E-state index in [0.29, 0.717) is 12.2 Å². The first-order valence-corrected chi connectivity index (χ1v) is 9.33. The van der Waals surface area contributed by atoms with Crippen LogP contribution in [0.5, 0.6) is 5.75 Å². The van der Waals surface area contributed by atoms with Crippen LogP contribution in [0.2, 0.25) is 0 Å². The van der Waals surface area contributed by atoms with Gasteiger partial charge in [0.1, 0.15) is 5.75 Å². The summed E-state index contributed by atoms with van der Waals surface area (Å²) in [5, 5.41) is 3.10. The molecule has 0 bridgehead atoms. The van der Waals surface area contributed by atoms with Gasteiger partial charge in [0.05, 0.1) is 12.6 Å². The molecule has 25 heavy (non-hydrogen) atoms. The second-order valence-corrected chi connectivity index (χ2v) is 6.80. The van der Waals surface area contributed by atoms with Crippen LogP contribution in [0.15, 0.2) is 42.5 Å². The highest BCUT2D eigenvalue weighted by Gasteiger charge is 2.15. The van der Waals surface area contributed by atoms with Crippen molar-refractivity contribution in [3.05, 3.63) is 64.7 Å². The molecule has 0 spiro atoms. The molecule has 0 saturated heterocycles. The molecule has 3 rings (SSSR count). The first kappa shape index (κ1) is 17.5. The van der Waals surface area contributed by atoms with Crippen molar-refractivity contribution in [1.29, 1.82) is 0 Å². The van der Waals surface area contributed by atoms with Gasteiger partial charge in [0, 0.05) is 5.56 Å². The summed E-state index contributed by atoms with van der Waals surface area (Å²) in [4.78, 5) is 12.5. The van der Waals surface area contributed by atoms with Crippen molar-refractivity contribution in [2.75, 3.05) is 6.61 Å². The second-order valence-electron chi connectivity index (χ2n) is 6.80. The Labute approximate surface area is 150 Å². The number of carbonyl (C=O) groups excluding carboxylic acids is 1. The topological polar surface area (TPSA) is 38.3 Å². The van der Waals surface area contributed by atoms with Crippen LogP contribution < -0.4 is 10.1 Å². The van der Waals surface area contributed by atoms with E-state index in [0.717, 1.165) is 18.6 Å². The zero-order valence-corrected chi connectivity index (χ0v) is 15.2. The second kappa shape index (κ2) is 8.19. The fraction of sp³-hybridized carbons (Fsp3) is 0.409. The van der Waals surface area contributed by atoms with Crippen LogP contribution in [-0.2, 0) is 12.8 Å². The Balaban J connectivity index is 1.64. The Kier molecular flexibility index (Phi) is 5.75. The van der Waals surface area contributed by atoms with Crippen LogP contribution in [0.4, 0.5) is 0 Å². The molecule has 1 atom stereocenters. The quantitative estimate of drug-likeness (QED) is 0.818. The van der Waals surface area contributed by atoms with Crippen molar-refractivity contribution in [3.63, 3.8) is 0 Å². The Morgan fingerprint density at radius 2 is 1.80 bits per heavy atom. The van der Waals surface area contributed by atoms with E-state index in [4.69, 9.17) is 4.74 Å². The molecular formula is C22H27NO2. The standard InChI is InChI=1S/C22H27NO2/c1-3-14-25-21-12-10-18(11-13-21)22(24)23-16(2)19-9-8-17-6-4-5-7-20(17)15-19/h8-13,15-16H,3-7,14H2,1-2H3,(H,23,24). The van der Waals surface area contributed by atoms with E-state index in [1.807, 2.05) is 31.2 Å². The predicted octanol–water partition coefficient (Wildman–Crippen LogP) is 4.85. The highest BCUT2D eigenvalue weighted by Crippen LogP contribution is 2.25. The number of fused-ring (bicyclic) bond motifs is 1. The van der Waals surface area contributed by atoms with Crippen LogP contribution in [0.3, 0.4) is 0 Å². The summed E-state index contributed by atoms with van der Waals surface area (Å²) in [7, 11) is 0. The summed E-state index contributed by atoms with van der Waals surface area (Å²) < 4.78 is 5.56. The average Bonchev–Trinajstić information content (AvgIpc) is 2.66. The van der Waals surface area contributed by atoms with Gasteiger partial charge in [0.25, 0.3) is 5.91 Å². The SMILES string of the molecule is CCCOc1ccc(C(=O)NC(C)c2ccc3c(c2)CCCC3)cc1. The molecule has 1 aliphatic carbocycles. The Bertz CT molecular complexity index is 721. The van der Waals surface area contributed by atoms with Crippen molar-refractivity contribution in [1.82, 2.24) is 5.32 Å². The highest BCUT2D eigenvalue weighted by atomic mass is 16.5. The summed E-state index contributed by atoms with van der Waals surface area (Å²) in [6.45, 7) is 4.81. The molecule has 0 fully saturated rings. The number of hydrogen-bond donors (Lipinski definition) is 1.